The van der Waals surface area contributed by atoms with Crippen LogP contribution in [0.1, 0.15) is 95.2 Å². The number of rotatable bonds is 15. The Bertz CT molecular complexity index is 1200. The molecule has 9 nitrogen and oxygen atoms in total. The average Bonchev–Trinajstić information content (AvgIpc) is 3.22. The molecule has 1 aromatic heterocycles. The minimum Gasteiger partial charge on any atom is -0.494 e. The molecule has 0 amide bonds. The zero-order valence-corrected chi connectivity index (χ0v) is 25.7. The summed E-state index contributed by atoms with van der Waals surface area (Å²) in [5.74, 6) is 2.50. The molecule has 0 spiro atoms. The first kappa shape index (κ1) is 31.4. The van der Waals surface area contributed by atoms with E-state index in [0.717, 1.165) is 107 Å². The van der Waals surface area contributed by atoms with Crippen LogP contribution >= 0.6 is 0 Å². The molecule has 0 radical (unpaired) electrons. The molecule has 4 aliphatic rings. The lowest BCUT2D eigenvalue weighted by atomic mass is 9.98. The van der Waals surface area contributed by atoms with Gasteiger partial charge in [0.1, 0.15) is 17.8 Å². The summed E-state index contributed by atoms with van der Waals surface area (Å²) in [7, 11) is 0. The average molecular weight is 592 g/mol. The van der Waals surface area contributed by atoms with Crippen LogP contribution in [-0.2, 0) is 27.2 Å². The minimum atomic E-state index is -0.660. The van der Waals surface area contributed by atoms with Gasteiger partial charge in [0.05, 0.1) is 18.3 Å². The second-order valence-electron chi connectivity index (χ2n) is 11.9. The Balaban J connectivity index is 1.01. The first-order chi connectivity index (χ1) is 21.1. The highest BCUT2D eigenvalue weighted by Crippen LogP contribution is 2.28. The van der Waals surface area contributed by atoms with Gasteiger partial charge in [0.25, 0.3) is 0 Å². The van der Waals surface area contributed by atoms with E-state index in [1.54, 1.807) is 0 Å². The third-order valence-corrected chi connectivity index (χ3v) is 8.26. The number of allylic oxidation sites excluding steroid dienone is 6. The molecular weight excluding hydrogens is 542 g/mol. The predicted molar refractivity (Wildman–Crippen MR) is 170 cm³/mol. The van der Waals surface area contributed by atoms with Crippen molar-refractivity contribution in [3.63, 3.8) is 0 Å². The van der Waals surface area contributed by atoms with Crippen molar-refractivity contribution in [3.05, 3.63) is 70.8 Å². The van der Waals surface area contributed by atoms with Gasteiger partial charge in [-0.3, -0.25) is 4.84 Å². The summed E-state index contributed by atoms with van der Waals surface area (Å²) < 4.78 is 11.5. The third kappa shape index (κ3) is 10.3. The van der Waals surface area contributed by atoms with Crippen molar-refractivity contribution in [1.82, 2.24) is 15.4 Å². The topological polar surface area (TPSA) is 110 Å². The van der Waals surface area contributed by atoms with E-state index in [-0.39, 0.29) is 12.3 Å². The van der Waals surface area contributed by atoms with Gasteiger partial charge in [0.15, 0.2) is 6.29 Å². The smallest absolute Gasteiger partial charge is 0.225 e. The fourth-order valence-electron chi connectivity index (χ4n) is 5.68. The molecule has 4 N–H and O–H groups in total. The van der Waals surface area contributed by atoms with Crippen LogP contribution in [0, 0.1) is 0 Å². The quantitative estimate of drug-likeness (QED) is 0.103. The van der Waals surface area contributed by atoms with Crippen molar-refractivity contribution in [2.75, 3.05) is 23.8 Å². The molecule has 3 atom stereocenters. The first-order valence-electron chi connectivity index (χ1n) is 16.3. The maximum absolute atomic E-state index is 10.1. The van der Waals surface area contributed by atoms with Gasteiger partial charge in [-0.2, -0.15) is 10.5 Å². The molecule has 234 valence electrons. The summed E-state index contributed by atoms with van der Waals surface area (Å²) in [5.41, 5.74) is 7.70. The van der Waals surface area contributed by atoms with Gasteiger partial charge in [0, 0.05) is 31.2 Å². The number of ether oxygens (including phenoxy) is 2. The number of aliphatic hydroxyl groups is 1. The Morgan fingerprint density at radius 1 is 1.09 bits per heavy atom. The van der Waals surface area contributed by atoms with Gasteiger partial charge in [-0.05, 0) is 88.9 Å². The Kier molecular flexibility index (Phi) is 12.3. The number of hydrogen-bond acceptors (Lipinski definition) is 9. The van der Waals surface area contributed by atoms with E-state index >= 15 is 0 Å². The lowest BCUT2D eigenvalue weighted by Crippen LogP contribution is -2.35. The van der Waals surface area contributed by atoms with Crippen molar-refractivity contribution < 1.29 is 19.4 Å². The molecule has 43 heavy (non-hydrogen) atoms. The van der Waals surface area contributed by atoms with Gasteiger partial charge in [0.2, 0.25) is 5.95 Å². The van der Waals surface area contributed by atoms with Crippen LogP contribution in [0.25, 0.3) is 0 Å². The van der Waals surface area contributed by atoms with Gasteiger partial charge >= 0.3 is 0 Å². The molecule has 0 saturated carbocycles. The molecule has 5 rings (SSSR count). The number of nitrogens with zero attached hydrogens (tertiary/aromatic N) is 2. The molecule has 3 unspecified atom stereocenters. The maximum Gasteiger partial charge on any atom is 0.225 e. The molecule has 3 heterocycles. The van der Waals surface area contributed by atoms with Crippen LogP contribution in [-0.4, -0.2) is 46.8 Å². The van der Waals surface area contributed by atoms with E-state index in [2.05, 4.69) is 59.6 Å². The predicted octanol–water partition coefficient (Wildman–Crippen LogP) is 6.52. The highest BCUT2D eigenvalue weighted by Gasteiger charge is 2.20. The van der Waals surface area contributed by atoms with Crippen molar-refractivity contribution >= 4 is 11.8 Å². The third-order valence-electron chi connectivity index (χ3n) is 8.26. The molecule has 9 heteroatoms. The SMILES string of the molecule is CC1=CNc2nc(NC3C=CC(OCCCCCCC(O)NOC4CCCCO4)=CC3)nc(CC3=CCCC=C3)c2CC1. The fourth-order valence-corrected chi connectivity index (χ4v) is 5.68. The molecule has 0 aromatic carbocycles. The highest BCUT2D eigenvalue weighted by atomic mass is 16.8. The number of hydroxylamine groups is 1. The van der Waals surface area contributed by atoms with Gasteiger partial charge in [-0.15, -0.1) is 0 Å². The summed E-state index contributed by atoms with van der Waals surface area (Å²) >= 11 is 0. The van der Waals surface area contributed by atoms with E-state index in [9.17, 15) is 5.11 Å². The van der Waals surface area contributed by atoms with Gasteiger partial charge < -0.3 is 25.2 Å². The molecule has 1 saturated heterocycles. The molecular formula is C34H49N5O4. The van der Waals surface area contributed by atoms with Crippen LogP contribution in [0.15, 0.2) is 59.6 Å². The second kappa shape index (κ2) is 16.8. The Morgan fingerprint density at radius 2 is 2.02 bits per heavy atom. The van der Waals surface area contributed by atoms with E-state index in [1.807, 2.05) is 6.08 Å². The summed E-state index contributed by atoms with van der Waals surface area (Å²) in [4.78, 5) is 15.3. The van der Waals surface area contributed by atoms with E-state index in [0.29, 0.717) is 19.0 Å². The lowest BCUT2D eigenvalue weighted by molar-refractivity contribution is -0.220. The molecule has 1 aromatic rings. The van der Waals surface area contributed by atoms with Crippen LogP contribution in [0.3, 0.4) is 0 Å². The second-order valence-corrected chi connectivity index (χ2v) is 11.9. The molecule has 1 fully saturated rings. The monoisotopic (exact) mass is 591 g/mol. The number of fused-ring (bicyclic) bond motifs is 1. The normalized spacial score (nSPS) is 22.4. The van der Waals surface area contributed by atoms with Crippen LogP contribution < -0.4 is 16.1 Å². The molecule has 0 bridgehead atoms. The van der Waals surface area contributed by atoms with Gasteiger partial charge in [-0.1, -0.05) is 42.7 Å². The summed E-state index contributed by atoms with van der Waals surface area (Å²) in [6.07, 6.45) is 27.9. The minimum absolute atomic E-state index is 0.115. The van der Waals surface area contributed by atoms with Gasteiger partial charge in [-0.25, -0.2) is 4.98 Å². The van der Waals surface area contributed by atoms with E-state index in [4.69, 9.17) is 24.3 Å². The summed E-state index contributed by atoms with van der Waals surface area (Å²) in [5, 5.41) is 17.0. The largest absolute Gasteiger partial charge is 0.494 e. The van der Waals surface area contributed by atoms with Crippen LogP contribution in [0.2, 0.25) is 0 Å². The fraction of sp³-hybridized carbons (Fsp3) is 0.588. The molecule has 2 aliphatic heterocycles. The van der Waals surface area contributed by atoms with Crippen molar-refractivity contribution in [1.29, 1.82) is 0 Å². The lowest BCUT2D eigenvalue weighted by Gasteiger charge is -2.24. The number of aliphatic hydroxyl groups excluding tert-OH is 1. The van der Waals surface area contributed by atoms with Crippen molar-refractivity contribution in [3.8, 4) is 0 Å². The van der Waals surface area contributed by atoms with Crippen molar-refractivity contribution in [2.45, 2.75) is 115 Å². The Hall–Kier alpha value is -2.98. The summed E-state index contributed by atoms with van der Waals surface area (Å²) in [6, 6.07) is 0.115. The summed E-state index contributed by atoms with van der Waals surface area (Å²) in [6.45, 7) is 3.58. The zero-order chi connectivity index (χ0) is 29.7. The first-order valence-corrected chi connectivity index (χ1v) is 16.3. The number of nitrogens with one attached hydrogen (secondary N) is 3. The highest BCUT2D eigenvalue weighted by molar-refractivity contribution is 5.55. The maximum atomic E-state index is 10.1. The van der Waals surface area contributed by atoms with Crippen LogP contribution in [0.5, 0.6) is 0 Å². The van der Waals surface area contributed by atoms with E-state index in [1.165, 1.54) is 16.7 Å². The molecule has 2 aliphatic carbocycles. The number of anilines is 2. The van der Waals surface area contributed by atoms with Crippen molar-refractivity contribution in [2.24, 2.45) is 0 Å². The number of unbranched alkanes of at least 4 members (excludes halogenated alkanes) is 3. The Morgan fingerprint density at radius 3 is 2.84 bits per heavy atom. The number of aromatic nitrogens is 2. The standard InChI is InChI=1S/C34H49N5O4/c1-25-15-20-29-30(23-26-11-5-4-6-12-26)37-34(38-33(29)35-24-25)36-27-16-18-28(19-17-27)41-21-9-3-2-7-13-31(40)39-43-32-14-8-10-22-42-32/h5,11-12,16,18-19,24,27,31-32,39-40H,2-4,6-10,13-15,17,20-23H2,1H3,(H2,35,36,37,38). The van der Waals surface area contributed by atoms with E-state index < -0.39 is 6.23 Å². The Labute approximate surface area is 256 Å². The number of hydrogen-bond donors (Lipinski definition) is 4. The van der Waals surface area contributed by atoms with Crippen LogP contribution in [0.4, 0.5) is 11.8 Å². The zero-order valence-electron chi connectivity index (χ0n) is 25.7.